The van der Waals surface area contributed by atoms with Gasteiger partial charge in [0.25, 0.3) is 5.56 Å². The molecule has 28 heavy (non-hydrogen) atoms. The summed E-state index contributed by atoms with van der Waals surface area (Å²) in [5.41, 5.74) is 0.221. The van der Waals surface area contributed by atoms with Gasteiger partial charge in [-0.05, 0) is 6.07 Å². The fraction of sp³-hybridized carbons (Fsp3) is 0.188. The van der Waals surface area contributed by atoms with Crippen molar-refractivity contribution in [3.05, 3.63) is 49.2 Å². The first-order valence-electron chi connectivity index (χ1n) is 7.93. The number of carbonyl (C=O) groups excluding carboxylic acids is 1. The second kappa shape index (κ2) is 6.50. The van der Waals surface area contributed by atoms with Gasteiger partial charge in [-0.15, -0.1) is 0 Å². The van der Waals surface area contributed by atoms with E-state index in [0.717, 1.165) is 4.57 Å². The molecular weight excluding hydrogens is 411 g/mol. The smallest absolute Gasteiger partial charge is 0.331 e. The van der Waals surface area contributed by atoms with Gasteiger partial charge in [0.1, 0.15) is 12.1 Å². The van der Waals surface area contributed by atoms with Gasteiger partial charge in [-0.3, -0.25) is 24.0 Å². The van der Waals surface area contributed by atoms with Gasteiger partial charge in [0.15, 0.2) is 11.1 Å². The number of hydrogen-bond acceptors (Lipinski definition) is 6. The third-order valence-corrected chi connectivity index (χ3v) is 4.95. The normalized spacial score (nSPS) is 11.4. The monoisotopic (exact) mass is 422 g/mol. The summed E-state index contributed by atoms with van der Waals surface area (Å²) in [6.07, 6.45) is 1.36. The number of nitrogens with one attached hydrogen (secondary N) is 1. The summed E-state index contributed by atoms with van der Waals surface area (Å²) in [7, 11) is 2.88. The number of benzene rings is 1. The van der Waals surface area contributed by atoms with Crippen LogP contribution in [0.25, 0.3) is 22.1 Å². The second-order valence-electron chi connectivity index (χ2n) is 6.04. The van der Waals surface area contributed by atoms with Gasteiger partial charge in [0.05, 0.1) is 21.8 Å². The summed E-state index contributed by atoms with van der Waals surface area (Å²) in [6.45, 7) is -0.281. The number of hydrogen-bond donors (Lipinski definition) is 1. The maximum atomic E-state index is 12.4. The Labute approximate surface area is 165 Å². The summed E-state index contributed by atoms with van der Waals surface area (Å²) in [5.74, 6) is -0.523. The van der Waals surface area contributed by atoms with E-state index in [4.69, 9.17) is 27.6 Å². The predicted octanol–water partition coefficient (Wildman–Crippen LogP) is 1.52. The molecule has 1 N–H and O–H groups in total. The lowest BCUT2D eigenvalue weighted by Gasteiger charge is -2.06. The van der Waals surface area contributed by atoms with Crippen molar-refractivity contribution in [2.75, 3.05) is 5.32 Å². The molecule has 0 fully saturated rings. The minimum absolute atomic E-state index is 0.0462. The molecule has 3 aromatic heterocycles. The third-order valence-electron chi connectivity index (χ3n) is 4.23. The van der Waals surface area contributed by atoms with Gasteiger partial charge >= 0.3 is 11.7 Å². The van der Waals surface area contributed by atoms with E-state index >= 15 is 0 Å². The minimum Gasteiger partial charge on any atom is -0.423 e. The molecular formula is C16H12Cl2N6O4. The molecule has 0 saturated heterocycles. The van der Waals surface area contributed by atoms with Crippen molar-refractivity contribution < 1.29 is 9.21 Å². The van der Waals surface area contributed by atoms with Crippen molar-refractivity contribution in [2.24, 2.45) is 14.1 Å². The van der Waals surface area contributed by atoms with Crippen LogP contribution in [0, 0.1) is 0 Å². The number of oxazole rings is 1. The summed E-state index contributed by atoms with van der Waals surface area (Å²) in [4.78, 5) is 40.9. The van der Waals surface area contributed by atoms with Crippen LogP contribution in [0.1, 0.15) is 0 Å². The molecule has 3 heterocycles. The minimum atomic E-state index is -0.547. The number of anilines is 1. The Kier molecular flexibility index (Phi) is 4.24. The lowest BCUT2D eigenvalue weighted by atomic mass is 10.3. The average Bonchev–Trinajstić information content (AvgIpc) is 3.22. The molecule has 0 spiro atoms. The van der Waals surface area contributed by atoms with Crippen LogP contribution in [0.5, 0.6) is 0 Å². The lowest BCUT2D eigenvalue weighted by molar-refractivity contribution is -0.117. The van der Waals surface area contributed by atoms with Crippen LogP contribution in [-0.2, 0) is 25.4 Å². The van der Waals surface area contributed by atoms with E-state index in [-0.39, 0.29) is 18.1 Å². The number of fused-ring (bicyclic) bond motifs is 2. The highest BCUT2D eigenvalue weighted by Crippen LogP contribution is 2.29. The molecule has 0 aliphatic rings. The molecule has 0 aliphatic heterocycles. The first-order valence-corrected chi connectivity index (χ1v) is 8.69. The molecule has 144 valence electrons. The number of aromatic nitrogens is 5. The highest BCUT2D eigenvalue weighted by atomic mass is 35.5. The zero-order chi connectivity index (χ0) is 20.2. The van der Waals surface area contributed by atoms with E-state index in [9.17, 15) is 14.4 Å². The van der Waals surface area contributed by atoms with Crippen LogP contribution in [0.4, 0.5) is 6.01 Å². The summed E-state index contributed by atoms with van der Waals surface area (Å²) < 4.78 is 8.88. The Morgan fingerprint density at radius 3 is 2.64 bits per heavy atom. The van der Waals surface area contributed by atoms with Gasteiger partial charge in [-0.25, -0.2) is 9.48 Å². The maximum Gasteiger partial charge on any atom is 0.331 e. The van der Waals surface area contributed by atoms with Crippen LogP contribution in [-0.4, -0.2) is 29.8 Å². The molecule has 10 nitrogen and oxygen atoms in total. The van der Waals surface area contributed by atoms with Crippen LogP contribution in [0.2, 0.25) is 10.0 Å². The Morgan fingerprint density at radius 2 is 1.89 bits per heavy atom. The van der Waals surface area contributed by atoms with Crippen LogP contribution in [0.3, 0.4) is 0 Å². The largest absolute Gasteiger partial charge is 0.423 e. The van der Waals surface area contributed by atoms with Crippen molar-refractivity contribution in [1.82, 2.24) is 23.9 Å². The zero-order valence-corrected chi connectivity index (χ0v) is 16.1. The molecule has 0 unspecified atom stereocenters. The SMILES string of the molecule is Cn1c(=O)c2c(cnn2CC(=O)Nc2nc3cc(Cl)c(Cl)cc3o2)n(C)c1=O. The fourth-order valence-corrected chi connectivity index (χ4v) is 3.12. The highest BCUT2D eigenvalue weighted by Gasteiger charge is 2.17. The van der Waals surface area contributed by atoms with Gasteiger partial charge in [-0.2, -0.15) is 10.1 Å². The molecule has 0 aliphatic carbocycles. The van der Waals surface area contributed by atoms with Crippen molar-refractivity contribution >= 4 is 57.3 Å². The molecule has 0 saturated carbocycles. The van der Waals surface area contributed by atoms with E-state index in [1.54, 1.807) is 0 Å². The van der Waals surface area contributed by atoms with Gasteiger partial charge in [-0.1, -0.05) is 23.2 Å². The predicted molar refractivity (Wildman–Crippen MR) is 103 cm³/mol. The molecule has 1 aromatic carbocycles. The second-order valence-corrected chi connectivity index (χ2v) is 6.86. The zero-order valence-electron chi connectivity index (χ0n) is 14.6. The summed E-state index contributed by atoms with van der Waals surface area (Å²) in [5, 5.41) is 7.14. The van der Waals surface area contributed by atoms with E-state index in [1.165, 1.54) is 41.7 Å². The van der Waals surface area contributed by atoms with E-state index in [2.05, 4.69) is 15.4 Å². The van der Waals surface area contributed by atoms with E-state index < -0.39 is 17.2 Å². The van der Waals surface area contributed by atoms with E-state index in [1.807, 2.05) is 0 Å². The third kappa shape index (κ3) is 2.86. The first kappa shape index (κ1) is 18.3. The highest BCUT2D eigenvalue weighted by molar-refractivity contribution is 6.42. The number of amides is 1. The Bertz CT molecular complexity index is 1340. The van der Waals surface area contributed by atoms with Crippen molar-refractivity contribution in [1.29, 1.82) is 0 Å². The molecule has 0 radical (unpaired) electrons. The fourth-order valence-electron chi connectivity index (χ4n) is 2.81. The molecule has 4 rings (SSSR count). The van der Waals surface area contributed by atoms with Gasteiger partial charge in [0.2, 0.25) is 5.91 Å². The van der Waals surface area contributed by atoms with Crippen LogP contribution < -0.4 is 16.6 Å². The van der Waals surface area contributed by atoms with E-state index in [0.29, 0.717) is 26.7 Å². The molecule has 0 bridgehead atoms. The molecule has 4 aromatic rings. The summed E-state index contributed by atoms with van der Waals surface area (Å²) in [6, 6.07) is 2.96. The standard InChI is InChI=1S/C16H12Cl2N6O4/c1-22-10-5-19-24(13(10)14(26)23(2)16(22)27)6-12(25)21-15-20-9-3-7(17)8(18)4-11(9)28-15/h3-5H,6H2,1-2H3,(H,20,21,25). The van der Waals surface area contributed by atoms with Crippen LogP contribution in [0.15, 0.2) is 32.3 Å². The van der Waals surface area contributed by atoms with Gasteiger partial charge in [0, 0.05) is 20.2 Å². The average molecular weight is 423 g/mol. The maximum absolute atomic E-state index is 12.4. The van der Waals surface area contributed by atoms with Gasteiger partial charge < -0.3 is 4.42 Å². The lowest BCUT2D eigenvalue weighted by Crippen LogP contribution is -2.37. The van der Waals surface area contributed by atoms with Crippen LogP contribution >= 0.6 is 23.2 Å². The Balaban J connectivity index is 1.64. The quantitative estimate of drug-likeness (QED) is 0.534. The number of halogens is 2. The Hall–Kier alpha value is -3.11. The number of nitrogens with zero attached hydrogens (tertiary/aromatic N) is 5. The first-order chi connectivity index (χ1) is 13.3. The molecule has 12 heteroatoms. The Morgan fingerprint density at radius 1 is 1.18 bits per heavy atom. The number of aryl methyl sites for hydroxylation is 1. The van der Waals surface area contributed by atoms with Crippen molar-refractivity contribution in [2.45, 2.75) is 6.54 Å². The molecule has 1 amide bonds. The van der Waals surface area contributed by atoms with Crippen molar-refractivity contribution in [3.8, 4) is 0 Å². The topological polar surface area (TPSA) is 117 Å². The number of rotatable bonds is 3. The number of carbonyl (C=O) groups is 1. The van der Waals surface area contributed by atoms with Crippen molar-refractivity contribution in [3.63, 3.8) is 0 Å². The summed E-state index contributed by atoms with van der Waals surface area (Å²) >= 11 is 11.9. The molecule has 0 atom stereocenters.